The molecular formula is C15H16ClIN2. The molecule has 0 radical (unpaired) electrons. The maximum atomic E-state index is 6.18. The molecule has 0 unspecified atom stereocenters. The molecule has 2 N–H and O–H groups in total. The van der Waals surface area contributed by atoms with E-state index in [1.807, 2.05) is 30.6 Å². The Morgan fingerprint density at radius 3 is 2.79 bits per heavy atom. The van der Waals surface area contributed by atoms with E-state index in [9.17, 15) is 0 Å². The van der Waals surface area contributed by atoms with Gasteiger partial charge in [0.2, 0.25) is 0 Å². The van der Waals surface area contributed by atoms with Crippen LogP contribution in [0.25, 0.3) is 0 Å². The van der Waals surface area contributed by atoms with Crippen LogP contribution < -0.4 is 5.73 Å². The van der Waals surface area contributed by atoms with Crippen LogP contribution in [0.1, 0.15) is 17.5 Å². The summed E-state index contributed by atoms with van der Waals surface area (Å²) in [5.41, 5.74) is 8.62. The number of benzene rings is 1. The molecule has 0 amide bonds. The minimum Gasteiger partial charge on any atom is -0.327 e. The number of rotatable bonds is 5. The molecule has 0 aliphatic rings. The number of aromatic nitrogens is 1. The lowest BCUT2D eigenvalue weighted by atomic mass is 10.0. The standard InChI is InChI=1S/C15H16ClIN2/c16-13-3-1-2-11(6-13)8-15(18)5-4-12-7-14(17)10-19-9-12/h1-3,6-7,9-10,15H,4-5,8,18H2/t15-/m1/s1. The Morgan fingerprint density at radius 1 is 1.21 bits per heavy atom. The van der Waals surface area contributed by atoms with Gasteiger partial charge in [-0.2, -0.15) is 0 Å². The highest BCUT2D eigenvalue weighted by Gasteiger charge is 2.05. The SMILES string of the molecule is N[C@H](CCc1cncc(I)c1)Cc1cccc(Cl)c1. The Labute approximate surface area is 132 Å². The van der Waals surface area contributed by atoms with E-state index in [1.165, 1.54) is 14.7 Å². The van der Waals surface area contributed by atoms with Gasteiger partial charge in [-0.05, 0) is 71.2 Å². The van der Waals surface area contributed by atoms with Crippen molar-refractivity contribution in [2.45, 2.75) is 25.3 Å². The van der Waals surface area contributed by atoms with E-state index in [4.69, 9.17) is 17.3 Å². The molecule has 19 heavy (non-hydrogen) atoms. The van der Waals surface area contributed by atoms with Gasteiger partial charge in [0.25, 0.3) is 0 Å². The fraction of sp³-hybridized carbons (Fsp3) is 0.267. The van der Waals surface area contributed by atoms with Crippen molar-refractivity contribution in [3.63, 3.8) is 0 Å². The average Bonchev–Trinajstić information content (AvgIpc) is 2.36. The Kier molecular flexibility index (Phi) is 5.60. The van der Waals surface area contributed by atoms with Crippen molar-refractivity contribution in [1.82, 2.24) is 4.98 Å². The molecule has 100 valence electrons. The molecule has 1 heterocycles. The summed E-state index contributed by atoms with van der Waals surface area (Å²) in [6.07, 6.45) is 6.54. The zero-order chi connectivity index (χ0) is 13.7. The van der Waals surface area contributed by atoms with Crippen LogP contribution in [0, 0.1) is 3.57 Å². The van der Waals surface area contributed by atoms with E-state index in [-0.39, 0.29) is 6.04 Å². The highest BCUT2D eigenvalue weighted by Crippen LogP contribution is 2.14. The van der Waals surface area contributed by atoms with Crippen molar-refractivity contribution in [2.75, 3.05) is 0 Å². The van der Waals surface area contributed by atoms with E-state index in [1.54, 1.807) is 0 Å². The summed E-state index contributed by atoms with van der Waals surface area (Å²) < 4.78 is 1.17. The molecule has 1 aromatic carbocycles. The maximum absolute atomic E-state index is 6.18. The van der Waals surface area contributed by atoms with Gasteiger partial charge in [0, 0.05) is 27.0 Å². The fourth-order valence-corrected chi connectivity index (χ4v) is 2.79. The van der Waals surface area contributed by atoms with Crippen molar-refractivity contribution in [1.29, 1.82) is 0 Å². The number of hydrogen-bond donors (Lipinski definition) is 1. The summed E-state index contributed by atoms with van der Waals surface area (Å²) in [6.45, 7) is 0. The summed E-state index contributed by atoms with van der Waals surface area (Å²) in [7, 11) is 0. The highest BCUT2D eigenvalue weighted by atomic mass is 127. The quantitative estimate of drug-likeness (QED) is 0.793. The van der Waals surface area contributed by atoms with Crippen LogP contribution >= 0.6 is 34.2 Å². The molecule has 2 rings (SSSR count). The second-order valence-corrected chi connectivity index (χ2v) is 6.33. The smallest absolute Gasteiger partial charge is 0.0408 e. The zero-order valence-electron chi connectivity index (χ0n) is 10.5. The molecule has 0 fully saturated rings. The first kappa shape index (κ1) is 14.8. The first-order chi connectivity index (χ1) is 9.13. The monoisotopic (exact) mass is 386 g/mol. The van der Waals surface area contributed by atoms with E-state index in [2.05, 4.69) is 39.7 Å². The third-order valence-corrected chi connectivity index (χ3v) is 3.78. The highest BCUT2D eigenvalue weighted by molar-refractivity contribution is 14.1. The number of aryl methyl sites for hydroxylation is 1. The second-order valence-electron chi connectivity index (χ2n) is 4.64. The van der Waals surface area contributed by atoms with Crippen LogP contribution in [0.4, 0.5) is 0 Å². The number of nitrogens with two attached hydrogens (primary N) is 1. The Hall–Kier alpha value is -0.650. The lowest BCUT2D eigenvalue weighted by Crippen LogP contribution is -2.23. The first-order valence-corrected chi connectivity index (χ1v) is 7.68. The predicted molar refractivity (Wildman–Crippen MR) is 88.4 cm³/mol. The van der Waals surface area contributed by atoms with Crippen molar-refractivity contribution < 1.29 is 0 Å². The fourth-order valence-electron chi connectivity index (χ4n) is 2.01. The van der Waals surface area contributed by atoms with Gasteiger partial charge in [-0.1, -0.05) is 23.7 Å². The summed E-state index contributed by atoms with van der Waals surface area (Å²) in [5.74, 6) is 0. The summed E-state index contributed by atoms with van der Waals surface area (Å²) in [6, 6.07) is 10.2. The van der Waals surface area contributed by atoms with Gasteiger partial charge in [-0.15, -0.1) is 0 Å². The van der Waals surface area contributed by atoms with Crippen molar-refractivity contribution in [2.24, 2.45) is 5.73 Å². The molecule has 0 spiro atoms. The van der Waals surface area contributed by atoms with E-state index in [0.717, 1.165) is 24.3 Å². The van der Waals surface area contributed by atoms with Gasteiger partial charge >= 0.3 is 0 Å². The topological polar surface area (TPSA) is 38.9 Å². The van der Waals surface area contributed by atoms with Crippen molar-refractivity contribution in [3.05, 3.63) is 62.4 Å². The van der Waals surface area contributed by atoms with E-state index >= 15 is 0 Å². The number of nitrogens with zero attached hydrogens (tertiary/aromatic N) is 1. The number of halogens is 2. The van der Waals surface area contributed by atoms with Crippen molar-refractivity contribution in [3.8, 4) is 0 Å². The van der Waals surface area contributed by atoms with E-state index in [0.29, 0.717) is 0 Å². The van der Waals surface area contributed by atoms with Gasteiger partial charge in [0.05, 0.1) is 0 Å². The average molecular weight is 387 g/mol. The normalized spacial score (nSPS) is 12.4. The second kappa shape index (κ2) is 7.22. The summed E-state index contributed by atoms with van der Waals surface area (Å²) in [5, 5.41) is 0.770. The van der Waals surface area contributed by atoms with Crippen LogP contribution in [0.2, 0.25) is 5.02 Å². The molecule has 2 nitrogen and oxygen atoms in total. The van der Waals surface area contributed by atoms with Gasteiger partial charge in [0.15, 0.2) is 0 Å². The third kappa shape index (κ3) is 5.09. The Bertz CT molecular complexity index is 545. The Balaban J connectivity index is 1.86. The molecule has 0 bridgehead atoms. The van der Waals surface area contributed by atoms with Crippen LogP contribution in [0.3, 0.4) is 0 Å². The molecule has 0 saturated carbocycles. The maximum Gasteiger partial charge on any atom is 0.0408 e. The molecule has 0 saturated heterocycles. The number of hydrogen-bond acceptors (Lipinski definition) is 2. The predicted octanol–water partition coefficient (Wildman–Crippen LogP) is 3.84. The van der Waals surface area contributed by atoms with Crippen LogP contribution in [-0.4, -0.2) is 11.0 Å². The minimum atomic E-state index is 0.149. The molecule has 1 atom stereocenters. The van der Waals surface area contributed by atoms with Gasteiger partial charge in [-0.25, -0.2) is 0 Å². The minimum absolute atomic E-state index is 0.149. The van der Waals surface area contributed by atoms with E-state index < -0.39 is 0 Å². The zero-order valence-corrected chi connectivity index (χ0v) is 13.4. The molecule has 4 heteroatoms. The molecule has 0 aliphatic heterocycles. The molecule has 1 aromatic heterocycles. The molecular weight excluding hydrogens is 371 g/mol. The molecule has 0 aliphatic carbocycles. The van der Waals surface area contributed by atoms with Gasteiger partial charge < -0.3 is 5.73 Å². The van der Waals surface area contributed by atoms with Crippen molar-refractivity contribution >= 4 is 34.2 Å². The van der Waals surface area contributed by atoms with Crippen LogP contribution in [0.5, 0.6) is 0 Å². The largest absolute Gasteiger partial charge is 0.327 e. The van der Waals surface area contributed by atoms with Gasteiger partial charge in [0.1, 0.15) is 0 Å². The number of pyridine rings is 1. The lowest BCUT2D eigenvalue weighted by molar-refractivity contribution is 0.609. The molecule has 2 aromatic rings. The lowest BCUT2D eigenvalue weighted by Gasteiger charge is -2.12. The summed E-state index contributed by atoms with van der Waals surface area (Å²) >= 11 is 8.25. The van der Waals surface area contributed by atoms with Gasteiger partial charge in [-0.3, -0.25) is 4.98 Å². The Morgan fingerprint density at radius 2 is 2.05 bits per heavy atom. The first-order valence-electron chi connectivity index (χ1n) is 6.23. The third-order valence-electron chi connectivity index (χ3n) is 2.95. The summed E-state index contributed by atoms with van der Waals surface area (Å²) in [4.78, 5) is 4.19. The van der Waals surface area contributed by atoms with Crippen LogP contribution in [0.15, 0.2) is 42.7 Å². The van der Waals surface area contributed by atoms with Crippen LogP contribution in [-0.2, 0) is 12.8 Å².